The van der Waals surface area contributed by atoms with E-state index in [0.717, 1.165) is 6.42 Å². The quantitative estimate of drug-likeness (QED) is 0.766. The molecule has 0 atom stereocenters. The number of rotatable bonds is 6. The van der Waals surface area contributed by atoms with Gasteiger partial charge in [-0.1, -0.05) is 6.92 Å². The summed E-state index contributed by atoms with van der Waals surface area (Å²) in [5, 5.41) is 10.3. The fraction of sp³-hybridized carbons (Fsp3) is 0.375. The number of aliphatic imine (C=N–C) groups is 1. The molecule has 2 heterocycles. The molecule has 1 aliphatic rings. The molecule has 0 saturated carbocycles. The van der Waals surface area contributed by atoms with Crippen molar-refractivity contribution in [2.75, 3.05) is 13.2 Å². The molecule has 24 heavy (non-hydrogen) atoms. The molecule has 1 aromatic rings. The second-order valence-electron chi connectivity index (χ2n) is 5.21. The largest absolute Gasteiger partial charge is 0.478 e. The van der Waals surface area contributed by atoms with Gasteiger partial charge in [0.15, 0.2) is 0 Å². The molecule has 0 unspecified atom stereocenters. The van der Waals surface area contributed by atoms with Gasteiger partial charge < -0.3 is 10.8 Å². The molecule has 0 aromatic carbocycles. The monoisotopic (exact) mass is 332 g/mol. The van der Waals surface area contributed by atoms with Crippen molar-refractivity contribution >= 4 is 29.5 Å². The Morgan fingerprint density at radius 2 is 2.17 bits per heavy atom. The Balaban J connectivity index is 2.40. The lowest BCUT2D eigenvalue weighted by Gasteiger charge is -2.21. The number of hydrogen-bond donors (Lipinski definition) is 2. The number of nitrogens with two attached hydrogens (primary N) is 1. The van der Waals surface area contributed by atoms with Gasteiger partial charge in [-0.3, -0.25) is 14.6 Å². The van der Waals surface area contributed by atoms with Gasteiger partial charge in [-0.2, -0.15) is 0 Å². The standard InChI is InChI=1S/C16H20N4O4/c1-3-5-20(24-4-2)15(21)10-6-12-13(19-14(17)8-10)7-11(9-18-12)16(22)23/h6-7,9H,3-5,8H2,1-2H3,(H2,17,19)(H,22,23). The Hall–Kier alpha value is -2.74. The number of fused-ring (bicyclic) bond motifs is 1. The predicted octanol–water partition coefficient (Wildman–Crippen LogP) is 1.75. The number of carboxylic acids is 1. The molecule has 8 heteroatoms. The fourth-order valence-electron chi connectivity index (χ4n) is 2.27. The number of aromatic nitrogens is 1. The average molecular weight is 332 g/mol. The van der Waals surface area contributed by atoms with Gasteiger partial charge in [0.2, 0.25) is 0 Å². The zero-order valence-electron chi connectivity index (χ0n) is 13.7. The van der Waals surface area contributed by atoms with E-state index >= 15 is 0 Å². The van der Waals surface area contributed by atoms with Crippen LogP contribution in [0.5, 0.6) is 0 Å². The van der Waals surface area contributed by atoms with E-state index in [1.807, 2.05) is 6.92 Å². The SMILES string of the molecule is CCCN(OCC)C(=O)C1=Cc2ncc(C(=O)O)cc2N=C(N)C1. The third kappa shape index (κ3) is 3.96. The topological polar surface area (TPSA) is 118 Å². The number of pyridine rings is 1. The molecular weight excluding hydrogens is 312 g/mol. The van der Waals surface area contributed by atoms with Crippen LogP contribution in [0.4, 0.5) is 5.69 Å². The van der Waals surface area contributed by atoms with Gasteiger partial charge in [0.05, 0.1) is 23.6 Å². The van der Waals surface area contributed by atoms with Crippen LogP contribution in [0.2, 0.25) is 0 Å². The summed E-state index contributed by atoms with van der Waals surface area (Å²) in [6.45, 7) is 4.58. The van der Waals surface area contributed by atoms with E-state index < -0.39 is 5.97 Å². The molecule has 0 aliphatic carbocycles. The zero-order valence-corrected chi connectivity index (χ0v) is 13.7. The summed E-state index contributed by atoms with van der Waals surface area (Å²) in [7, 11) is 0. The molecule has 3 N–H and O–H groups in total. The molecule has 2 rings (SSSR count). The molecule has 0 radical (unpaired) electrons. The van der Waals surface area contributed by atoms with E-state index in [1.54, 1.807) is 13.0 Å². The first-order chi connectivity index (χ1) is 11.5. The van der Waals surface area contributed by atoms with Gasteiger partial charge in [-0.25, -0.2) is 14.9 Å². The predicted molar refractivity (Wildman–Crippen MR) is 88.7 cm³/mol. The molecule has 1 aliphatic heterocycles. The Morgan fingerprint density at radius 3 is 2.79 bits per heavy atom. The first kappa shape index (κ1) is 17.6. The zero-order chi connectivity index (χ0) is 17.7. The van der Waals surface area contributed by atoms with E-state index in [4.69, 9.17) is 15.7 Å². The van der Waals surface area contributed by atoms with Crippen molar-refractivity contribution in [3.8, 4) is 0 Å². The van der Waals surface area contributed by atoms with Crippen LogP contribution in [0.25, 0.3) is 6.08 Å². The Morgan fingerprint density at radius 1 is 1.42 bits per heavy atom. The summed E-state index contributed by atoms with van der Waals surface area (Å²) in [6, 6.07) is 1.38. The third-order valence-corrected chi connectivity index (χ3v) is 3.30. The van der Waals surface area contributed by atoms with Gasteiger partial charge in [0.25, 0.3) is 5.91 Å². The molecule has 0 spiro atoms. The van der Waals surface area contributed by atoms with Crippen LogP contribution in [0.3, 0.4) is 0 Å². The summed E-state index contributed by atoms with van der Waals surface area (Å²) in [5.41, 5.74) is 7.01. The minimum absolute atomic E-state index is 0.00963. The molecule has 1 aromatic heterocycles. The van der Waals surface area contributed by atoms with Gasteiger partial charge in [-0.15, -0.1) is 0 Å². The maximum Gasteiger partial charge on any atom is 0.337 e. The Labute approximate surface area is 139 Å². The number of amides is 1. The summed E-state index contributed by atoms with van der Waals surface area (Å²) < 4.78 is 0. The molecular formula is C16H20N4O4. The number of amidine groups is 1. The average Bonchev–Trinajstić information content (AvgIpc) is 2.71. The maximum atomic E-state index is 12.7. The highest BCUT2D eigenvalue weighted by Gasteiger charge is 2.22. The van der Waals surface area contributed by atoms with Crippen molar-refractivity contribution in [2.45, 2.75) is 26.7 Å². The van der Waals surface area contributed by atoms with Crippen LogP contribution in [0, 0.1) is 0 Å². The molecule has 1 amide bonds. The molecule has 0 fully saturated rings. The van der Waals surface area contributed by atoms with E-state index in [-0.39, 0.29) is 23.7 Å². The van der Waals surface area contributed by atoms with Crippen LogP contribution >= 0.6 is 0 Å². The number of nitrogens with zero attached hydrogens (tertiary/aromatic N) is 3. The van der Waals surface area contributed by atoms with Crippen molar-refractivity contribution in [3.63, 3.8) is 0 Å². The molecule has 128 valence electrons. The maximum absolute atomic E-state index is 12.7. The highest BCUT2D eigenvalue weighted by molar-refractivity contribution is 6.05. The number of hydrogen-bond acceptors (Lipinski definition) is 6. The first-order valence-electron chi connectivity index (χ1n) is 7.68. The summed E-state index contributed by atoms with van der Waals surface area (Å²) in [4.78, 5) is 37.3. The third-order valence-electron chi connectivity index (χ3n) is 3.30. The van der Waals surface area contributed by atoms with E-state index in [0.29, 0.717) is 30.1 Å². The molecule has 0 saturated heterocycles. The summed E-state index contributed by atoms with van der Waals surface area (Å²) in [5.74, 6) is -1.19. The van der Waals surface area contributed by atoms with E-state index in [1.165, 1.54) is 17.3 Å². The van der Waals surface area contributed by atoms with E-state index in [9.17, 15) is 9.59 Å². The number of carbonyl (C=O) groups excluding carboxylic acids is 1. The Kier molecular flexibility index (Phi) is 5.64. The van der Waals surface area contributed by atoms with Gasteiger partial charge >= 0.3 is 5.97 Å². The van der Waals surface area contributed by atoms with Crippen LogP contribution in [0.1, 0.15) is 42.7 Å². The minimum atomic E-state index is -1.10. The highest BCUT2D eigenvalue weighted by Crippen LogP contribution is 2.26. The van der Waals surface area contributed by atoms with Crippen LogP contribution in [-0.4, -0.2) is 46.0 Å². The van der Waals surface area contributed by atoms with Crippen molar-refractivity contribution in [3.05, 3.63) is 29.1 Å². The smallest absolute Gasteiger partial charge is 0.337 e. The minimum Gasteiger partial charge on any atom is -0.478 e. The lowest BCUT2D eigenvalue weighted by atomic mass is 10.1. The second-order valence-corrected chi connectivity index (χ2v) is 5.21. The normalized spacial score (nSPS) is 13.4. The Bertz CT molecular complexity index is 706. The van der Waals surface area contributed by atoms with Gasteiger partial charge in [0.1, 0.15) is 5.84 Å². The highest BCUT2D eigenvalue weighted by atomic mass is 16.7. The van der Waals surface area contributed by atoms with Crippen LogP contribution < -0.4 is 5.73 Å². The van der Waals surface area contributed by atoms with Gasteiger partial charge in [0, 0.05) is 24.7 Å². The van der Waals surface area contributed by atoms with Gasteiger partial charge in [-0.05, 0) is 25.5 Å². The number of hydroxylamine groups is 2. The molecule has 8 nitrogen and oxygen atoms in total. The number of carboxylic acid groups (broad SMARTS) is 1. The van der Waals surface area contributed by atoms with Crippen molar-refractivity contribution in [1.29, 1.82) is 0 Å². The first-order valence-corrected chi connectivity index (χ1v) is 7.68. The lowest BCUT2D eigenvalue weighted by Crippen LogP contribution is -2.34. The van der Waals surface area contributed by atoms with Crippen molar-refractivity contribution in [2.24, 2.45) is 10.7 Å². The number of carbonyl (C=O) groups is 2. The molecule has 0 bridgehead atoms. The van der Waals surface area contributed by atoms with Crippen molar-refractivity contribution in [1.82, 2.24) is 10.0 Å². The van der Waals surface area contributed by atoms with Crippen LogP contribution in [0.15, 0.2) is 22.8 Å². The summed E-state index contributed by atoms with van der Waals surface area (Å²) >= 11 is 0. The lowest BCUT2D eigenvalue weighted by molar-refractivity contribution is -0.180. The fourth-order valence-corrected chi connectivity index (χ4v) is 2.27. The summed E-state index contributed by atoms with van der Waals surface area (Å²) in [6.07, 6.45) is 3.70. The van der Waals surface area contributed by atoms with E-state index in [2.05, 4.69) is 9.98 Å². The second kappa shape index (κ2) is 7.69. The van der Waals surface area contributed by atoms with Crippen molar-refractivity contribution < 1.29 is 19.5 Å². The van der Waals surface area contributed by atoms with Crippen LogP contribution in [-0.2, 0) is 9.63 Å². The number of aromatic carboxylic acids is 1.